The number of likely N-dealkylation sites (tertiary alicyclic amines) is 1. The molecule has 1 fully saturated rings. The van der Waals surface area contributed by atoms with Crippen LogP contribution in [0.25, 0.3) is 0 Å². The van der Waals surface area contributed by atoms with E-state index in [9.17, 15) is 14.4 Å². The number of methoxy groups -OCH3 is 1. The summed E-state index contributed by atoms with van der Waals surface area (Å²) in [5.41, 5.74) is 1.08. The van der Waals surface area contributed by atoms with Crippen LogP contribution in [0.1, 0.15) is 33.0 Å². The minimum atomic E-state index is -0.150. The van der Waals surface area contributed by atoms with Crippen molar-refractivity contribution in [3.05, 3.63) is 21.4 Å². The third-order valence-electron chi connectivity index (χ3n) is 5.19. The third kappa shape index (κ3) is 4.32. The Balaban J connectivity index is 1.65. The minimum Gasteiger partial charge on any atom is -0.375 e. The zero-order valence-electron chi connectivity index (χ0n) is 16.2. The quantitative estimate of drug-likeness (QED) is 0.771. The van der Waals surface area contributed by atoms with Gasteiger partial charge >= 0.3 is 0 Å². The van der Waals surface area contributed by atoms with Crippen LogP contribution in [0.4, 0.5) is 0 Å². The van der Waals surface area contributed by atoms with Gasteiger partial charge in [-0.15, -0.1) is 11.3 Å². The summed E-state index contributed by atoms with van der Waals surface area (Å²) in [6, 6.07) is 1.93. The second-order valence-corrected chi connectivity index (χ2v) is 8.52. The third-order valence-corrected chi connectivity index (χ3v) is 6.41. The van der Waals surface area contributed by atoms with Crippen molar-refractivity contribution in [2.75, 3.05) is 47.4 Å². The smallest absolute Gasteiger partial charge is 0.263 e. The summed E-state index contributed by atoms with van der Waals surface area (Å²) < 4.78 is 4.93. The van der Waals surface area contributed by atoms with Crippen LogP contribution in [-0.2, 0) is 27.3 Å². The standard InChI is InChI=1S/C19H27N3O4S/c1-20(2)19(25)16-9-14-11-22(8-6-15(14)27-16)18(24)13-5-4-7-21(10-13)17(23)12-26-3/h9,13H,4-8,10-12H2,1-3H3/t13-/m0/s1. The van der Waals surface area contributed by atoms with Gasteiger partial charge < -0.3 is 19.4 Å². The van der Waals surface area contributed by atoms with Gasteiger partial charge in [0.05, 0.1) is 10.8 Å². The summed E-state index contributed by atoms with van der Waals surface area (Å²) in [5.74, 6) is -0.0858. The number of fused-ring (bicyclic) bond motifs is 1. The van der Waals surface area contributed by atoms with Crippen molar-refractivity contribution in [2.45, 2.75) is 25.8 Å². The SMILES string of the molecule is COCC(=O)N1CCC[C@H](C(=O)N2CCc3sc(C(=O)N(C)C)cc3C2)C1. The molecule has 7 nitrogen and oxygen atoms in total. The fourth-order valence-corrected chi connectivity index (χ4v) is 4.91. The molecule has 0 spiro atoms. The number of nitrogens with zero attached hydrogens (tertiary/aromatic N) is 3. The molecule has 1 aromatic heterocycles. The fraction of sp³-hybridized carbons (Fsp3) is 0.632. The van der Waals surface area contributed by atoms with Crippen molar-refractivity contribution in [3.8, 4) is 0 Å². The summed E-state index contributed by atoms with van der Waals surface area (Å²) in [6.07, 6.45) is 2.43. The van der Waals surface area contributed by atoms with E-state index < -0.39 is 0 Å². The molecule has 8 heteroatoms. The summed E-state index contributed by atoms with van der Waals surface area (Å²) in [7, 11) is 5.00. The first-order valence-electron chi connectivity index (χ1n) is 9.29. The molecular formula is C19H27N3O4S. The first kappa shape index (κ1) is 19.8. The van der Waals surface area contributed by atoms with Gasteiger partial charge in [-0.3, -0.25) is 14.4 Å². The topological polar surface area (TPSA) is 70.2 Å². The molecule has 0 radical (unpaired) electrons. The maximum atomic E-state index is 13.0. The number of carbonyl (C=O) groups is 3. The van der Waals surface area contributed by atoms with Crippen molar-refractivity contribution in [3.63, 3.8) is 0 Å². The van der Waals surface area contributed by atoms with Crippen molar-refractivity contribution in [2.24, 2.45) is 5.92 Å². The molecule has 148 valence electrons. The van der Waals surface area contributed by atoms with Gasteiger partial charge in [0.1, 0.15) is 6.61 Å². The molecule has 2 aliphatic heterocycles. The van der Waals surface area contributed by atoms with Crippen LogP contribution in [0.5, 0.6) is 0 Å². The molecule has 3 heterocycles. The number of thiophene rings is 1. The van der Waals surface area contributed by atoms with E-state index in [4.69, 9.17) is 4.74 Å². The van der Waals surface area contributed by atoms with Gasteiger partial charge in [0.25, 0.3) is 5.91 Å². The molecule has 1 atom stereocenters. The zero-order chi connectivity index (χ0) is 19.6. The van der Waals surface area contributed by atoms with Crippen molar-refractivity contribution < 1.29 is 19.1 Å². The van der Waals surface area contributed by atoms with Gasteiger partial charge in [-0.1, -0.05) is 0 Å². The van der Waals surface area contributed by atoms with E-state index in [1.165, 1.54) is 23.3 Å². The van der Waals surface area contributed by atoms with Crippen LogP contribution in [0.15, 0.2) is 6.07 Å². The van der Waals surface area contributed by atoms with E-state index in [0.717, 1.165) is 29.7 Å². The highest BCUT2D eigenvalue weighted by Crippen LogP contribution is 2.30. The molecule has 27 heavy (non-hydrogen) atoms. The fourth-order valence-electron chi connectivity index (χ4n) is 3.73. The largest absolute Gasteiger partial charge is 0.375 e. The molecule has 0 saturated carbocycles. The normalized spacial score (nSPS) is 19.6. The molecule has 0 aliphatic carbocycles. The zero-order valence-corrected chi connectivity index (χ0v) is 17.0. The first-order chi connectivity index (χ1) is 12.9. The lowest BCUT2D eigenvalue weighted by atomic mass is 9.95. The van der Waals surface area contributed by atoms with E-state index in [1.807, 2.05) is 11.0 Å². The second kappa shape index (κ2) is 8.39. The summed E-state index contributed by atoms with van der Waals surface area (Å²) in [5, 5.41) is 0. The van der Waals surface area contributed by atoms with Crippen LogP contribution < -0.4 is 0 Å². The number of hydrogen-bond donors (Lipinski definition) is 0. The first-order valence-corrected chi connectivity index (χ1v) is 10.1. The van der Waals surface area contributed by atoms with Gasteiger partial charge in [-0.05, 0) is 30.9 Å². The molecule has 1 saturated heterocycles. The van der Waals surface area contributed by atoms with E-state index in [0.29, 0.717) is 26.2 Å². The Morgan fingerprint density at radius 2 is 2.04 bits per heavy atom. The highest BCUT2D eigenvalue weighted by molar-refractivity contribution is 7.14. The maximum absolute atomic E-state index is 13.0. The Bertz CT molecular complexity index is 731. The number of piperidine rings is 1. The second-order valence-electron chi connectivity index (χ2n) is 7.38. The van der Waals surface area contributed by atoms with Crippen LogP contribution in [0.3, 0.4) is 0 Å². The van der Waals surface area contributed by atoms with Gasteiger partial charge in [0.2, 0.25) is 11.8 Å². The number of ether oxygens (including phenoxy) is 1. The average Bonchev–Trinajstić information content (AvgIpc) is 3.10. The Morgan fingerprint density at radius 3 is 2.74 bits per heavy atom. The van der Waals surface area contributed by atoms with Crippen LogP contribution in [-0.4, -0.2) is 79.9 Å². The van der Waals surface area contributed by atoms with Crippen molar-refractivity contribution in [1.29, 1.82) is 0 Å². The average molecular weight is 394 g/mol. The molecular weight excluding hydrogens is 366 g/mol. The Hall–Kier alpha value is -1.93. The van der Waals surface area contributed by atoms with E-state index >= 15 is 0 Å². The highest BCUT2D eigenvalue weighted by atomic mass is 32.1. The molecule has 0 N–H and O–H groups in total. The molecule has 0 unspecified atom stereocenters. The maximum Gasteiger partial charge on any atom is 0.263 e. The van der Waals surface area contributed by atoms with Crippen LogP contribution in [0, 0.1) is 5.92 Å². The predicted molar refractivity (Wildman–Crippen MR) is 103 cm³/mol. The number of rotatable bonds is 4. The van der Waals surface area contributed by atoms with Crippen molar-refractivity contribution >= 4 is 29.1 Å². The predicted octanol–water partition coefficient (Wildman–Crippen LogP) is 1.22. The molecule has 3 rings (SSSR count). The summed E-state index contributed by atoms with van der Waals surface area (Å²) >= 11 is 1.53. The van der Waals surface area contributed by atoms with E-state index in [-0.39, 0.29) is 30.2 Å². The van der Waals surface area contributed by atoms with Gasteiger partial charge in [-0.2, -0.15) is 0 Å². The Kier molecular flexibility index (Phi) is 6.16. The Labute approximate surface area is 163 Å². The van der Waals surface area contributed by atoms with E-state index in [1.54, 1.807) is 23.9 Å². The lowest BCUT2D eigenvalue weighted by Crippen LogP contribution is -2.48. The molecule has 0 aromatic carbocycles. The van der Waals surface area contributed by atoms with Gasteiger partial charge in [-0.25, -0.2) is 0 Å². The monoisotopic (exact) mass is 393 g/mol. The van der Waals surface area contributed by atoms with E-state index in [2.05, 4.69) is 0 Å². The lowest BCUT2D eigenvalue weighted by Gasteiger charge is -2.36. The number of amides is 3. The summed E-state index contributed by atoms with van der Waals surface area (Å²) in [6.45, 7) is 2.44. The molecule has 2 aliphatic rings. The van der Waals surface area contributed by atoms with Crippen molar-refractivity contribution in [1.82, 2.24) is 14.7 Å². The lowest BCUT2D eigenvalue weighted by molar-refractivity contribution is -0.143. The number of hydrogen-bond acceptors (Lipinski definition) is 5. The van der Waals surface area contributed by atoms with Gasteiger partial charge in [0.15, 0.2) is 0 Å². The molecule has 3 amide bonds. The molecule has 0 bridgehead atoms. The molecule has 1 aromatic rings. The van der Waals surface area contributed by atoms with Crippen LogP contribution >= 0.6 is 11.3 Å². The van der Waals surface area contributed by atoms with Crippen LogP contribution in [0.2, 0.25) is 0 Å². The van der Waals surface area contributed by atoms with Gasteiger partial charge in [0, 0.05) is 52.3 Å². The minimum absolute atomic E-state index is 0.00635. The highest BCUT2D eigenvalue weighted by Gasteiger charge is 2.33. The number of carbonyl (C=O) groups excluding carboxylic acids is 3. The summed E-state index contributed by atoms with van der Waals surface area (Å²) in [4.78, 5) is 44.4. The Morgan fingerprint density at radius 1 is 1.26 bits per heavy atom.